The normalized spacial score (nSPS) is 15.5. The molecule has 0 aromatic heterocycles. The Morgan fingerprint density at radius 2 is 1.74 bits per heavy atom. The Balaban J connectivity index is 1.88. The van der Waals surface area contributed by atoms with E-state index in [1.165, 1.54) is 9.91 Å². The maximum atomic E-state index is 13.6. The standard InChI is InChI=1S/C27H36N4O4/c1-19-7-9-21(10-8-19)24-17-23(20-11-13-22(35-6)14-12-20)29-31(24)25(32)18-30(15-16-34-5)26(33)28-27(2,3)4/h7-14,24H,15-18H2,1-6H3,(H,28,33)/t24-/m0/s1. The summed E-state index contributed by atoms with van der Waals surface area (Å²) in [6, 6.07) is 15.2. The first kappa shape index (κ1) is 26.2. The second-order valence-corrected chi connectivity index (χ2v) is 9.74. The summed E-state index contributed by atoms with van der Waals surface area (Å²) in [5.74, 6) is 0.508. The molecular formula is C27H36N4O4. The predicted octanol–water partition coefficient (Wildman–Crippen LogP) is 4.14. The fourth-order valence-corrected chi connectivity index (χ4v) is 3.84. The minimum atomic E-state index is -0.427. The van der Waals surface area contributed by atoms with Crippen LogP contribution in [0, 0.1) is 6.92 Å². The molecule has 0 radical (unpaired) electrons. The van der Waals surface area contributed by atoms with Gasteiger partial charge in [-0.15, -0.1) is 0 Å². The van der Waals surface area contributed by atoms with Gasteiger partial charge in [0, 0.05) is 25.6 Å². The molecular weight excluding hydrogens is 444 g/mol. The molecule has 1 N–H and O–H groups in total. The number of urea groups is 1. The van der Waals surface area contributed by atoms with Crippen LogP contribution in [0.3, 0.4) is 0 Å². The van der Waals surface area contributed by atoms with Crippen LogP contribution in [0.15, 0.2) is 53.6 Å². The third-order valence-corrected chi connectivity index (χ3v) is 5.71. The zero-order valence-corrected chi connectivity index (χ0v) is 21.5. The molecule has 3 amide bonds. The van der Waals surface area contributed by atoms with Crippen LogP contribution in [0.5, 0.6) is 5.75 Å². The highest BCUT2D eigenvalue weighted by Gasteiger charge is 2.34. The van der Waals surface area contributed by atoms with Gasteiger partial charge in [-0.1, -0.05) is 29.8 Å². The lowest BCUT2D eigenvalue weighted by Crippen LogP contribution is -2.52. The van der Waals surface area contributed by atoms with E-state index in [1.54, 1.807) is 14.2 Å². The molecule has 0 fully saturated rings. The summed E-state index contributed by atoms with van der Waals surface area (Å²) in [5, 5.41) is 9.19. The van der Waals surface area contributed by atoms with E-state index < -0.39 is 5.54 Å². The van der Waals surface area contributed by atoms with Crippen molar-refractivity contribution in [2.24, 2.45) is 5.10 Å². The summed E-state index contributed by atoms with van der Waals surface area (Å²) < 4.78 is 10.4. The highest BCUT2D eigenvalue weighted by Crippen LogP contribution is 2.33. The van der Waals surface area contributed by atoms with Crippen LogP contribution in [0.2, 0.25) is 0 Å². The van der Waals surface area contributed by atoms with Gasteiger partial charge in [-0.3, -0.25) is 4.79 Å². The van der Waals surface area contributed by atoms with Crippen LogP contribution >= 0.6 is 0 Å². The Kier molecular flexibility index (Phi) is 8.51. The number of hydrogen-bond acceptors (Lipinski definition) is 5. The maximum absolute atomic E-state index is 13.6. The fraction of sp³-hybridized carbons (Fsp3) is 0.444. The summed E-state index contributed by atoms with van der Waals surface area (Å²) in [7, 11) is 3.20. The number of carbonyl (C=O) groups excluding carboxylic acids is 2. The number of methoxy groups -OCH3 is 2. The minimum absolute atomic E-state index is 0.104. The van der Waals surface area contributed by atoms with Gasteiger partial charge in [0.2, 0.25) is 0 Å². The molecule has 1 atom stereocenters. The molecule has 3 rings (SSSR count). The number of aryl methyl sites for hydroxylation is 1. The van der Waals surface area contributed by atoms with Crippen LogP contribution in [0.25, 0.3) is 0 Å². The van der Waals surface area contributed by atoms with Crippen molar-refractivity contribution in [1.29, 1.82) is 0 Å². The average molecular weight is 481 g/mol. The molecule has 0 unspecified atom stereocenters. The van der Waals surface area contributed by atoms with Gasteiger partial charge in [0.05, 0.1) is 25.5 Å². The van der Waals surface area contributed by atoms with Gasteiger partial charge >= 0.3 is 6.03 Å². The summed E-state index contributed by atoms with van der Waals surface area (Å²) in [6.07, 6.45) is 0.577. The number of nitrogens with zero attached hydrogens (tertiary/aromatic N) is 3. The van der Waals surface area contributed by atoms with Crippen molar-refractivity contribution < 1.29 is 19.1 Å². The average Bonchev–Trinajstić information content (AvgIpc) is 3.26. The molecule has 8 nitrogen and oxygen atoms in total. The van der Waals surface area contributed by atoms with Crippen molar-refractivity contribution >= 4 is 17.6 Å². The number of ether oxygens (including phenoxy) is 2. The third kappa shape index (κ3) is 7.05. The van der Waals surface area contributed by atoms with Crippen molar-refractivity contribution in [3.05, 3.63) is 65.2 Å². The molecule has 188 valence electrons. The maximum Gasteiger partial charge on any atom is 0.318 e. The highest BCUT2D eigenvalue weighted by molar-refractivity contribution is 6.03. The van der Waals surface area contributed by atoms with Crippen LogP contribution in [0.1, 0.15) is 49.9 Å². The Morgan fingerprint density at radius 1 is 1.09 bits per heavy atom. The van der Waals surface area contributed by atoms with Crippen LogP contribution in [0.4, 0.5) is 4.79 Å². The van der Waals surface area contributed by atoms with E-state index in [0.29, 0.717) is 19.6 Å². The van der Waals surface area contributed by atoms with Crippen molar-refractivity contribution in [3.8, 4) is 5.75 Å². The first-order valence-electron chi connectivity index (χ1n) is 11.8. The van der Waals surface area contributed by atoms with Gasteiger partial charge in [-0.05, 0) is 63.1 Å². The predicted molar refractivity (Wildman–Crippen MR) is 137 cm³/mol. The fourth-order valence-electron chi connectivity index (χ4n) is 3.84. The van der Waals surface area contributed by atoms with Crippen molar-refractivity contribution in [2.75, 3.05) is 33.9 Å². The molecule has 8 heteroatoms. The zero-order chi connectivity index (χ0) is 25.6. The van der Waals surface area contributed by atoms with E-state index in [1.807, 2.05) is 76.2 Å². The van der Waals surface area contributed by atoms with E-state index in [9.17, 15) is 9.59 Å². The molecule has 0 spiro atoms. The summed E-state index contributed by atoms with van der Waals surface area (Å²) in [6.45, 7) is 8.26. The van der Waals surface area contributed by atoms with Crippen LogP contribution in [-0.2, 0) is 9.53 Å². The van der Waals surface area contributed by atoms with Gasteiger partial charge in [0.15, 0.2) is 0 Å². The molecule has 1 aliphatic rings. The lowest BCUT2D eigenvalue weighted by atomic mass is 9.97. The van der Waals surface area contributed by atoms with Crippen LogP contribution < -0.4 is 10.1 Å². The largest absolute Gasteiger partial charge is 0.497 e. The van der Waals surface area contributed by atoms with E-state index in [0.717, 1.165) is 28.2 Å². The van der Waals surface area contributed by atoms with Gasteiger partial charge < -0.3 is 19.7 Å². The second-order valence-electron chi connectivity index (χ2n) is 9.74. The summed E-state index contributed by atoms with van der Waals surface area (Å²) in [5.41, 5.74) is 3.46. The second kappa shape index (κ2) is 11.4. The smallest absolute Gasteiger partial charge is 0.318 e. The van der Waals surface area contributed by atoms with Crippen molar-refractivity contribution in [1.82, 2.24) is 15.2 Å². The van der Waals surface area contributed by atoms with Gasteiger partial charge in [0.1, 0.15) is 12.3 Å². The van der Waals surface area contributed by atoms with Crippen molar-refractivity contribution in [3.63, 3.8) is 0 Å². The molecule has 35 heavy (non-hydrogen) atoms. The molecule has 1 heterocycles. The first-order valence-corrected chi connectivity index (χ1v) is 11.8. The lowest BCUT2D eigenvalue weighted by molar-refractivity contribution is -0.133. The quantitative estimate of drug-likeness (QED) is 0.616. The number of nitrogens with one attached hydrogen (secondary N) is 1. The summed E-state index contributed by atoms with van der Waals surface area (Å²) >= 11 is 0. The molecule has 0 saturated heterocycles. The van der Waals surface area contributed by atoms with E-state index in [-0.39, 0.29) is 24.5 Å². The monoisotopic (exact) mass is 480 g/mol. The van der Waals surface area contributed by atoms with Gasteiger partial charge in [0.25, 0.3) is 5.91 Å². The number of benzene rings is 2. The molecule has 2 aromatic rings. The van der Waals surface area contributed by atoms with Gasteiger partial charge in [-0.2, -0.15) is 5.10 Å². The van der Waals surface area contributed by atoms with Crippen LogP contribution in [-0.4, -0.2) is 67.0 Å². The number of hydrogen-bond donors (Lipinski definition) is 1. The van der Waals surface area contributed by atoms with E-state index in [4.69, 9.17) is 14.6 Å². The molecule has 0 saturated carbocycles. The molecule has 0 aliphatic carbocycles. The Labute approximate surface area is 207 Å². The minimum Gasteiger partial charge on any atom is -0.497 e. The Morgan fingerprint density at radius 3 is 2.31 bits per heavy atom. The van der Waals surface area contributed by atoms with Gasteiger partial charge in [-0.25, -0.2) is 9.80 Å². The number of amides is 3. The molecule has 0 bridgehead atoms. The highest BCUT2D eigenvalue weighted by atomic mass is 16.5. The first-order chi connectivity index (χ1) is 16.6. The summed E-state index contributed by atoms with van der Waals surface area (Å²) in [4.78, 5) is 27.9. The number of rotatable bonds is 8. The third-order valence-electron chi connectivity index (χ3n) is 5.71. The van der Waals surface area contributed by atoms with E-state index >= 15 is 0 Å². The Bertz CT molecular complexity index is 1040. The Hall–Kier alpha value is -3.39. The van der Waals surface area contributed by atoms with Crippen molar-refractivity contribution in [2.45, 2.75) is 45.7 Å². The van der Waals surface area contributed by atoms with E-state index in [2.05, 4.69) is 5.32 Å². The number of carbonyl (C=O) groups is 2. The topological polar surface area (TPSA) is 83.5 Å². The zero-order valence-electron chi connectivity index (χ0n) is 21.5. The molecule has 1 aliphatic heterocycles. The number of hydrazone groups is 1. The SMILES string of the molecule is COCCN(CC(=O)N1N=C(c2ccc(OC)cc2)C[C@H]1c1ccc(C)cc1)C(=O)NC(C)(C)C. The molecule has 2 aromatic carbocycles. The lowest BCUT2D eigenvalue weighted by Gasteiger charge is -2.30.